The van der Waals surface area contributed by atoms with Crippen molar-refractivity contribution >= 4 is 34.5 Å². The monoisotopic (exact) mass is 368 g/mol. The molecule has 0 radical (unpaired) electrons. The lowest BCUT2D eigenvalue weighted by molar-refractivity contribution is 0.908. The Bertz CT molecular complexity index is 1090. The Morgan fingerprint density at radius 1 is 1.08 bits per heavy atom. The van der Waals surface area contributed by atoms with E-state index in [4.69, 9.17) is 11.6 Å². The summed E-state index contributed by atoms with van der Waals surface area (Å²) in [6.07, 6.45) is 1.40. The van der Waals surface area contributed by atoms with Crippen molar-refractivity contribution in [3.8, 4) is 5.69 Å². The molecule has 0 fully saturated rings. The Morgan fingerprint density at radius 2 is 1.84 bits per heavy atom. The second-order valence-electron chi connectivity index (χ2n) is 5.35. The average Bonchev–Trinajstić information content (AvgIpc) is 3.02. The molecule has 0 spiro atoms. The molecule has 0 bridgehead atoms. The summed E-state index contributed by atoms with van der Waals surface area (Å²) >= 11 is 7.76. The third-order valence-electron chi connectivity index (χ3n) is 3.75. The fourth-order valence-corrected chi connectivity index (χ4v) is 3.84. The van der Waals surface area contributed by atoms with E-state index in [9.17, 15) is 4.79 Å². The number of aromatic nitrogens is 4. The van der Waals surface area contributed by atoms with Crippen molar-refractivity contribution in [3.05, 3.63) is 81.9 Å². The molecule has 5 nitrogen and oxygen atoms in total. The molecular formula is C18H13ClN4OS. The van der Waals surface area contributed by atoms with Crippen molar-refractivity contribution in [2.75, 3.05) is 0 Å². The van der Waals surface area contributed by atoms with Gasteiger partial charge in [-0.2, -0.15) is 0 Å². The molecule has 0 saturated heterocycles. The van der Waals surface area contributed by atoms with Gasteiger partial charge in [0.05, 0.1) is 6.33 Å². The molecule has 0 atom stereocenters. The summed E-state index contributed by atoms with van der Waals surface area (Å²) in [5, 5.41) is 1.42. The summed E-state index contributed by atoms with van der Waals surface area (Å²) in [6, 6.07) is 17.5. The highest BCUT2D eigenvalue weighted by atomic mass is 35.5. The van der Waals surface area contributed by atoms with Crippen LogP contribution in [-0.2, 0) is 5.75 Å². The number of halogens is 1. The highest BCUT2D eigenvalue weighted by Gasteiger charge is 2.16. The number of nitrogens with zero attached hydrogens (tertiary/aromatic N) is 3. The minimum Gasteiger partial charge on any atom is -0.311 e. The van der Waals surface area contributed by atoms with Crippen molar-refractivity contribution in [3.63, 3.8) is 0 Å². The predicted octanol–water partition coefficient (Wildman–Crippen LogP) is 4.05. The van der Waals surface area contributed by atoms with Crippen LogP contribution in [0, 0.1) is 0 Å². The number of thioether (sulfide) groups is 1. The van der Waals surface area contributed by atoms with Crippen molar-refractivity contribution in [1.29, 1.82) is 0 Å². The normalized spacial score (nSPS) is 11.1. The fraction of sp³-hybridized carbons (Fsp3) is 0.0556. The zero-order chi connectivity index (χ0) is 17.2. The van der Waals surface area contributed by atoms with Crippen molar-refractivity contribution in [2.24, 2.45) is 0 Å². The van der Waals surface area contributed by atoms with Gasteiger partial charge in [0.1, 0.15) is 0 Å². The number of nitrogens with one attached hydrogen (secondary N) is 1. The predicted molar refractivity (Wildman–Crippen MR) is 100 cm³/mol. The van der Waals surface area contributed by atoms with Gasteiger partial charge in [0.15, 0.2) is 16.3 Å². The van der Waals surface area contributed by atoms with Gasteiger partial charge in [0.25, 0.3) is 5.56 Å². The smallest absolute Gasteiger partial charge is 0.278 e. The molecule has 4 rings (SSSR count). The first kappa shape index (κ1) is 15.9. The SMILES string of the molecule is O=c1[nH]cnc2c1nc(SCc1ccccc1Cl)n2-c1ccccc1. The highest BCUT2D eigenvalue weighted by molar-refractivity contribution is 7.98. The number of fused-ring (bicyclic) bond motifs is 1. The van der Waals surface area contributed by atoms with Gasteiger partial charge in [-0.05, 0) is 23.8 Å². The van der Waals surface area contributed by atoms with Crippen LogP contribution in [0.3, 0.4) is 0 Å². The van der Waals surface area contributed by atoms with Crippen molar-refractivity contribution in [2.45, 2.75) is 10.9 Å². The molecule has 2 heterocycles. The third kappa shape index (κ3) is 3.06. The molecule has 2 aromatic heterocycles. The summed E-state index contributed by atoms with van der Waals surface area (Å²) in [4.78, 5) is 23.5. The lowest BCUT2D eigenvalue weighted by atomic mass is 10.2. The second-order valence-corrected chi connectivity index (χ2v) is 6.70. The Morgan fingerprint density at radius 3 is 2.64 bits per heavy atom. The van der Waals surface area contributed by atoms with Gasteiger partial charge in [0.2, 0.25) is 0 Å². The van der Waals surface area contributed by atoms with E-state index in [1.54, 1.807) is 0 Å². The number of rotatable bonds is 4. The zero-order valence-corrected chi connectivity index (χ0v) is 14.6. The molecule has 0 amide bonds. The van der Waals surface area contributed by atoms with Crippen LogP contribution in [0.5, 0.6) is 0 Å². The van der Waals surface area contributed by atoms with Crippen LogP contribution in [0.4, 0.5) is 0 Å². The van der Waals surface area contributed by atoms with Crippen LogP contribution in [0.1, 0.15) is 5.56 Å². The average molecular weight is 369 g/mol. The van der Waals surface area contributed by atoms with E-state index >= 15 is 0 Å². The van der Waals surface area contributed by atoms with Gasteiger partial charge < -0.3 is 4.98 Å². The standard InChI is InChI=1S/C18H13ClN4OS/c19-14-9-5-4-6-12(14)10-25-18-22-15-16(20-11-21-17(15)24)23(18)13-7-2-1-3-8-13/h1-9,11H,10H2,(H,20,21,24). The molecule has 124 valence electrons. The fourth-order valence-electron chi connectivity index (χ4n) is 2.55. The van der Waals surface area contributed by atoms with Crippen molar-refractivity contribution < 1.29 is 0 Å². The summed E-state index contributed by atoms with van der Waals surface area (Å²) in [5.41, 5.74) is 2.54. The van der Waals surface area contributed by atoms with Crippen LogP contribution >= 0.6 is 23.4 Å². The molecule has 0 unspecified atom stereocenters. The largest absolute Gasteiger partial charge is 0.311 e. The first-order valence-corrected chi connectivity index (χ1v) is 8.98. The van der Waals surface area contributed by atoms with Gasteiger partial charge in [-0.25, -0.2) is 9.97 Å². The minimum absolute atomic E-state index is 0.251. The molecule has 0 aliphatic carbocycles. The number of aromatic amines is 1. The Kier molecular flexibility index (Phi) is 4.29. The highest BCUT2D eigenvalue weighted by Crippen LogP contribution is 2.29. The molecule has 4 aromatic rings. The number of imidazole rings is 1. The summed E-state index contributed by atoms with van der Waals surface area (Å²) in [7, 11) is 0. The molecule has 2 aromatic carbocycles. The van der Waals surface area contributed by atoms with Crippen LogP contribution in [-0.4, -0.2) is 19.5 Å². The van der Waals surface area contributed by atoms with Gasteiger partial charge >= 0.3 is 0 Å². The summed E-state index contributed by atoms with van der Waals surface area (Å²) in [5.74, 6) is 0.647. The van der Waals surface area contributed by atoms with E-state index in [1.165, 1.54) is 18.1 Å². The number of para-hydroxylation sites is 1. The van der Waals surface area contributed by atoms with Crippen LogP contribution < -0.4 is 5.56 Å². The van der Waals surface area contributed by atoms with Gasteiger partial charge in [-0.3, -0.25) is 9.36 Å². The number of benzene rings is 2. The first-order valence-electron chi connectivity index (χ1n) is 7.62. The number of H-pyrrole nitrogens is 1. The lowest BCUT2D eigenvalue weighted by Gasteiger charge is -2.08. The van der Waals surface area contributed by atoms with E-state index in [-0.39, 0.29) is 5.56 Å². The van der Waals surface area contributed by atoms with E-state index < -0.39 is 0 Å². The van der Waals surface area contributed by atoms with Crippen molar-refractivity contribution in [1.82, 2.24) is 19.5 Å². The molecule has 0 aliphatic heterocycles. The molecule has 7 heteroatoms. The van der Waals surface area contributed by atoms with E-state index in [1.807, 2.05) is 59.2 Å². The Labute approximate surface area is 152 Å². The molecule has 0 aliphatic rings. The molecule has 25 heavy (non-hydrogen) atoms. The first-order chi connectivity index (χ1) is 12.2. The van der Waals surface area contributed by atoms with Crippen LogP contribution in [0.25, 0.3) is 16.9 Å². The maximum atomic E-state index is 12.1. The number of hydrogen-bond donors (Lipinski definition) is 1. The Hall–Kier alpha value is -2.57. The lowest BCUT2D eigenvalue weighted by Crippen LogP contribution is -2.07. The van der Waals surface area contributed by atoms with Crippen LogP contribution in [0.2, 0.25) is 5.02 Å². The quantitative estimate of drug-likeness (QED) is 0.552. The van der Waals surface area contributed by atoms with Gasteiger partial charge in [0, 0.05) is 16.5 Å². The van der Waals surface area contributed by atoms with Crippen LogP contribution in [0.15, 0.2) is 70.9 Å². The topological polar surface area (TPSA) is 63.6 Å². The van der Waals surface area contributed by atoms with E-state index in [0.29, 0.717) is 27.1 Å². The molecular weight excluding hydrogens is 356 g/mol. The zero-order valence-electron chi connectivity index (χ0n) is 13.0. The molecule has 1 N–H and O–H groups in total. The van der Waals surface area contributed by atoms with Gasteiger partial charge in [-0.1, -0.05) is 59.8 Å². The Balaban J connectivity index is 1.81. The maximum absolute atomic E-state index is 12.1. The second kappa shape index (κ2) is 6.74. The third-order valence-corrected chi connectivity index (χ3v) is 5.11. The van der Waals surface area contributed by atoms with E-state index in [2.05, 4.69) is 15.0 Å². The van der Waals surface area contributed by atoms with Gasteiger partial charge in [-0.15, -0.1) is 0 Å². The minimum atomic E-state index is -0.251. The number of hydrogen-bond acceptors (Lipinski definition) is 4. The maximum Gasteiger partial charge on any atom is 0.278 e. The molecule has 0 saturated carbocycles. The van der Waals surface area contributed by atoms with E-state index in [0.717, 1.165) is 11.3 Å². The summed E-state index contributed by atoms with van der Waals surface area (Å²) in [6.45, 7) is 0. The summed E-state index contributed by atoms with van der Waals surface area (Å²) < 4.78 is 1.89.